The molecular formula is C17H19N3O2. The number of anilines is 1. The Hall–Kier alpha value is -2.35. The van der Waals surface area contributed by atoms with Gasteiger partial charge in [0.2, 0.25) is 11.8 Å². The SMILES string of the molecule is N#Cc1ccc(NC(=O)C2CCN(C(=O)C3CC3)CC2)cc1. The van der Waals surface area contributed by atoms with Crippen molar-refractivity contribution >= 4 is 17.5 Å². The van der Waals surface area contributed by atoms with Gasteiger partial charge in [-0.2, -0.15) is 5.26 Å². The van der Waals surface area contributed by atoms with Gasteiger partial charge in [0, 0.05) is 30.6 Å². The summed E-state index contributed by atoms with van der Waals surface area (Å²) in [5.74, 6) is 0.483. The van der Waals surface area contributed by atoms with Gasteiger partial charge in [-0.1, -0.05) is 0 Å². The zero-order valence-corrected chi connectivity index (χ0v) is 12.4. The minimum atomic E-state index is -0.0427. The van der Waals surface area contributed by atoms with Crippen LogP contribution in [0.1, 0.15) is 31.2 Å². The molecule has 1 aliphatic heterocycles. The fourth-order valence-electron chi connectivity index (χ4n) is 2.82. The van der Waals surface area contributed by atoms with E-state index >= 15 is 0 Å². The fraction of sp³-hybridized carbons (Fsp3) is 0.471. The molecule has 0 unspecified atom stereocenters. The summed E-state index contributed by atoms with van der Waals surface area (Å²) in [5, 5.41) is 11.6. The molecule has 2 amide bonds. The van der Waals surface area contributed by atoms with Crippen LogP contribution in [-0.2, 0) is 9.59 Å². The van der Waals surface area contributed by atoms with E-state index in [2.05, 4.69) is 11.4 Å². The Bertz CT molecular complexity index is 606. The first-order valence-electron chi connectivity index (χ1n) is 7.77. The van der Waals surface area contributed by atoms with Crippen molar-refractivity contribution in [3.05, 3.63) is 29.8 Å². The van der Waals surface area contributed by atoms with E-state index in [9.17, 15) is 9.59 Å². The van der Waals surface area contributed by atoms with E-state index in [0.29, 0.717) is 24.3 Å². The fourth-order valence-corrected chi connectivity index (χ4v) is 2.82. The summed E-state index contributed by atoms with van der Waals surface area (Å²) in [5.41, 5.74) is 1.28. The number of hydrogen-bond acceptors (Lipinski definition) is 3. The second kappa shape index (κ2) is 6.18. The number of benzene rings is 1. The highest BCUT2D eigenvalue weighted by atomic mass is 16.2. The van der Waals surface area contributed by atoms with Crippen LogP contribution in [0.15, 0.2) is 24.3 Å². The summed E-state index contributed by atoms with van der Waals surface area (Å²) in [6.45, 7) is 1.36. The van der Waals surface area contributed by atoms with Gasteiger partial charge in [0.25, 0.3) is 0 Å². The number of carbonyl (C=O) groups excluding carboxylic acids is 2. The van der Waals surface area contributed by atoms with Gasteiger partial charge in [-0.25, -0.2) is 0 Å². The lowest BCUT2D eigenvalue weighted by Gasteiger charge is -2.31. The highest BCUT2D eigenvalue weighted by Gasteiger charge is 2.35. The predicted octanol–water partition coefficient (Wildman–Crippen LogP) is 2.15. The van der Waals surface area contributed by atoms with Gasteiger partial charge in [0.15, 0.2) is 0 Å². The summed E-state index contributed by atoms with van der Waals surface area (Å²) < 4.78 is 0. The summed E-state index contributed by atoms with van der Waals surface area (Å²) in [4.78, 5) is 26.2. The van der Waals surface area contributed by atoms with Crippen LogP contribution < -0.4 is 5.32 Å². The van der Waals surface area contributed by atoms with Crippen LogP contribution in [0.25, 0.3) is 0 Å². The highest BCUT2D eigenvalue weighted by molar-refractivity contribution is 5.92. The zero-order chi connectivity index (χ0) is 15.5. The van der Waals surface area contributed by atoms with Crippen LogP contribution in [0.3, 0.4) is 0 Å². The van der Waals surface area contributed by atoms with Gasteiger partial charge in [0.05, 0.1) is 11.6 Å². The van der Waals surface area contributed by atoms with Gasteiger partial charge < -0.3 is 10.2 Å². The number of piperidine rings is 1. The van der Waals surface area contributed by atoms with Crippen LogP contribution in [0.4, 0.5) is 5.69 Å². The Morgan fingerprint density at radius 2 is 1.68 bits per heavy atom. The van der Waals surface area contributed by atoms with Gasteiger partial charge in [-0.05, 0) is 49.9 Å². The Labute approximate surface area is 129 Å². The monoisotopic (exact) mass is 297 g/mol. The molecule has 2 fully saturated rings. The van der Waals surface area contributed by atoms with Gasteiger partial charge >= 0.3 is 0 Å². The topological polar surface area (TPSA) is 73.2 Å². The second-order valence-corrected chi connectivity index (χ2v) is 6.05. The molecule has 114 valence electrons. The minimum Gasteiger partial charge on any atom is -0.342 e. The largest absolute Gasteiger partial charge is 0.342 e. The molecule has 1 saturated heterocycles. The predicted molar refractivity (Wildman–Crippen MR) is 81.8 cm³/mol. The standard InChI is InChI=1S/C17H19N3O2/c18-11-12-1-5-15(6-2-12)19-16(21)13-7-9-20(10-8-13)17(22)14-3-4-14/h1-2,5-6,13-14H,3-4,7-10H2,(H,19,21). The number of nitriles is 1. The molecule has 1 N–H and O–H groups in total. The van der Waals surface area contributed by atoms with Crippen molar-refractivity contribution < 1.29 is 9.59 Å². The maximum absolute atomic E-state index is 12.3. The lowest BCUT2D eigenvalue weighted by Crippen LogP contribution is -2.42. The third kappa shape index (κ3) is 3.28. The molecule has 0 radical (unpaired) electrons. The molecule has 1 aromatic rings. The highest BCUT2D eigenvalue weighted by Crippen LogP contribution is 2.32. The van der Waals surface area contributed by atoms with E-state index in [4.69, 9.17) is 5.26 Å². The molecule has 0 spiro atoms. The molecule has 1 saturated carbocycles. The van der Waals surface area contributed by atoms with Crippen LogP contribution in [0, 0.1) is 23.2 Å². The normalized spacial score (nSPS) is 18.6. The van der Waals surface area contributed by atoms with E-state index in [0.717, 1.165) is 25.7 Å². The summed E-state index contributed by atoms with van der Waals surface area (Å²) in [7, 11) is 0. The molecule has 1 aromatic carbocycles. The number of nitrogens with zero attached hydrogens (tertiary/aromatic N) is 2. The van der Waals surface area contributed by atoms with Gasteiger partial charge in [-0.15, -0.1) is 0 Å². The zero-order valence-electron chi connectivity index (χ0n) is 12.4. The van der Waals surface area contributed by atoms with Crippen molar-refractivity contribution in [3.8, 4) is 6.07 Å². The lowest BCUT2D eigenvalue weighted by molar-refractivity contribution is -0.135. The van der Waals surface area contributed by atoms with E-state index in [1.165, 1.54) is 0 Å². The average molecular weight is 297 g/mol. The molecule has 3 rings (SSSR count). The maximum Gasteiger partial charge on any atom is 0.227 e. The van der Waals surface area contributed by atoms with Crippen molar-refractivity contribution in [2.24, 2.45) is 11.8 Å². The first-order valence-corrected chi connectivity index (χ1v) is 7.77. The number of nitrogens with one attached hydrogen (secondary N) is 1. The molecule has 5 heteroatoms. The van der Waals surface area contributed by atoms with Crippen molar-refractivity contribution in [2.45, 2.75) is 25.7 Å². The Morgan fingerprint density at radius 1 is 1.05 bits per heavy atom. The average Bonchev–Trinajstić information content (AvgIpc) is 3.40. The third-order valence-corrected chi connectivity index (χ3v) is 4.39. The van der Waals surface area contributed by atoms with E-state index in [1.54, 1.807) is 24.3 Å². The minimum absolute atomic E-state index is 0.00299. The second-order valence-electron chi connectivity index (χ2n) is 6.05. The first-order chi connectivity index (χ1) is 10.7. The molecule has 22 heavy (non-hydrogen) atoms. The van der Waals surface area contributed by atoms with Crippen molar-refractivity contribution in [1.29, 1.82) is 5.26 Å². The quantitative estimate of drug-likeness (QED) is 0.929. The van der Waals surface area contributed by atoms with Crippen molar-refractivity contribution in [2.75, 3.05) is 18.4 Å². The van der Waals surface area contributed by atoms with Crippen molar-refractivity contribution in [3.63, 3.8) is 0 Å². The summed E-state index contributed by atoms with van der Waals surface area (Å²) in [6, 6.07) is 8.90. The van der Waals surface area contributed by atoms with Gasteiger partial charge in [0.1, 0.15) is 0 Å². The Balaban J connectivity index is 1.51. The number of carbonyl (C=O) groups is 2. The molecular weight excluding hydrogens is 278 g/mol. The van der Waals surface area contributed by atoms with Crippen molar-refractivity contribution in [1.82, 2.24) is 4.90 Å². The van der Waals surface area contributed by atoms with E-state index in [1.807, 2.05) is 4.90 Å². The number of rotatable bonds is 3. The third-order valence-electron chi connectivity index (χ3n) is 4.39. The molecule has 0 aromatic heterocycles. The van der Waals surface area contributed by atoms with E-state index < -0.39 is 0 Å². The summed E-state index contributed by atoms with van der Waals surface area (Å²) >= 11 is 0. The number of likely N-dealkylation sites (tertiary alicyclic amines) is 1. The molecule has 2 aliphatic rings. The van der Waals surface area contributed by atoms with Crippen LogP contribution in [0.2, 0.25) is 0 Å². The van der Waals surface area contributed by atoms with Gasteiger partial charge in [-0.3, -0.25) is 9.59 Å². The molecule has 1 heterocycles. The number of amides is 2. The Kier molecular flexibility index (Phi) is 4.10. The van der Waals surface area contributed by atoms with E-state index in [-0.39, 0.29) is 23.7 Å². The van der Waals surface area contributed by atoms with Crippen LogP contribution in [-0.4, -0.2) is 29.8 Å². The lowest BCUT2D eigenvalue weighted by atomic mass is 9.95. The molecule has 0 atom stereocenters. The first kappa shape index (κ1) is 14.6. The smallest absolute Gasteiger partial charge is 0.227 e. The molecule has 0 bridgehead atoms. The summed E-state index contributed by atoms with van der Waals surface area (Å²) in [6.07, 6.45) is 3.50. The molecule has 5 nitrogen and oxygen atoms in total. The number of hydrogen-bond donors (Lipinski definition) is 1. The maximum atomic E-state index is 12.3. The Morgan fingerprint density at radius 3 is 2.23 bits per heavy atom. The molecule has 1 aliphatic carbocycles. The van der Waals surface area contributed by atoms with Crippen LogP contribution in [0.5, 0.6) is 0 Å². The van der Waals surface area contributed by atoms with Crippen LogP contribution >= 0.6 is 0 Å².